The van der Waals surface area contributed by atoms with Gasteiger partial charge in [0.2, 0.25) is 5.91 Å². The minimum Gasteiger partial charge on any atom is -0.343 e. The zero-order chi connectivity index (χ0) is 18.5. The normalized spacial score (nSPS) is 14.8. The van der Waals surface area contributed by atoms with Crippen LogP contribution in [0.2, 0.25) is 0 Å². The Bertz CT molecular complexity index is 806. The Morgan fingerprint density at radius 3 is 2.77 bits per heavy atom. The maximum Gasteiger partial charge on any atom is 0.254 e. The molecule has 0 saturated carbocycles. The molecule has 0 spiro atoms. The van der Waals surface area contributed by atoms with Gasteiger partial charge in [0, 0.05) is 17.1 Å². The van der Waals surface area contributed by atoms with E-state index in [1.165, 1.54) is 11.3 Å². The van der Waals surface area contributed by atoms with Crippen LogP contribution in [0.25, 0.3) is 0 Å². The van der Waals surface area contributed by atoms with Crippen LogP contribution in [-0.2, 0) is 4.79 Å². The third-order valence-electron chi connectivity index (χ3n) is 4.10. The Hall–Kier alpha value is -2.39. The highest BCUT2D eigenvalue weighted by atomic mass is 32.1. The summed E-state index contributed by atoms with van der Waals surface area (Å²) in [5, 5.41) is 8.68. The number of halogens is 2. The summed E-state index contributed by atoms with van der Waals surface area (Å²) in [6, 6.07) is 2.63. The Morgan fingerprint density at radius 2 is 2.04 bits per heavy atom. The Morgan fingerprint density at radius 1 is 1.27 bits per heavy atom. The van der Waals surface area contributed by atoms with Crippen molar-refractivity contribution < 1.29 is 18.4 Å². The van der Waals surface area contributed by atoms with E-state index in [9.17, 15) is 18.4 Å². The Kier molecular flexibility index (Phi) is 5.89. The van der Waals surface area contributed by atoms with Gasteiger partial charge in [-0.3, -0.25) is 9.59 Å². The third-order valence-corrected chi connectivity index (χ3v) is 5.17. The summed E-state index contributed by atoms with van der Waals surface area (Å²) in [7, 11) is 0. The first-order chi connectivity index (χ1) is 12.5. The van der Waals surface area contributed by atoms with Crippen LogP contribution in [0.15, 0.2) is 24.4 Å². The lowest BCUT2D eigenvalue weighted by Crippen LogP contribution is -2.33. The topological polar surface area (TPSA) is 83.1 Å². The minimum atomic E-state index is -0.977. The highest BCUT2D eigenvalue weighted by Gasteiger charge is 2.19. The van der Waals surface area contributed by atoms with Crippen LogP contribution in [0.3, 0.4) is 0 Å². The zero-order valence-corrected chi connectivity index (χ0v) is 14.7. The first kappa shape index (κ1) is 18.4. The van der Waals surface area contributed by atoms with Crippen LogP contribution in [0, 0.1) is 11.6 Å². The fourth-order valence-corrected chi connectivity index (χ4v) is 3.73. The van der Waals surface area contributed by atoms with Crippen LogP contribution in [0.4, 0.5) is 13.9 Å². The molecular formula is C17H18F2N4O2S. The zero-order valence-electron chi connectivity index (χ0n) is 13.9. The molecule has 1 aromatic heterocycles. The maximum atomic E-state index is 13.5. The van der Waals surface area contributed by atoms with E-state index in [-0.39, 0.29) is 12.1 Å². The van der Waals surface area contributed by atoms with Crippen molar-refractivity contribution in [1.29, 1.82) is 0 Å². The Labute approximate surface area is 153 Å². The van der Waals surface area contributed by atoms with Crippen LogP contribution in [0.1, 0.15) is 34.0 Å². The molecule has 6 nitrogen and oxygen atoms in total. The molecule has 0 atom stereocenters. The van der Waals surface area contributed by atoms with Crippen molar-refractivity contribution >= 4 is 28.3 Å². The number of amides is 2. The number of carbonyl (C=O) groups excluding carboxylic acids is 2. The van der Waals surface area contributed by atoms with E-state index in [2.05, 4.69) is 20.9 Å². The second kappa shape index (κ2) is 8.33. The number of piperidine rings is 1. The molecule has 0 bridgehead atoms. The molecule has 0 radical (unpaired) electrons. The molecule has 2 heterocycles. The molecule has 9 heteroatoms. The summed E-state index contributed by atoms with van der Waals surface area (Å²) in [4.78, 5) is 29.1. The lowest BCUT2D eigenvalue weighted by Gasteiger charge is -2.20. The minimum absolute atomic E-state index is 0.318. The number of rotatable bonds is 5. The molecule has 0 aliphatic carbocycles. The molecule has 2 aromatic rings. The summed E-state index contributed by atoms with van der Waals surface area (Å²) in [5.41, 5.74) is -0.318. The number of carbonyl (C=O) groups is 2. The summed E-state index contributed by atoms with van der Waals surface area (Å²) >= 11 is 1.42. The van der Waals surface area contributed by atoms with Gasteiger partial charge in [0.05, 0.1) is 12.1 Å². The maximum absolute atomic E-state index is 13.5. The average Bonchev–Trinajstić information content (AvgIpc) is 3.09. The van der Waals surface area contributed by atoms with Gasteiger partial charge >= 0.3 is 0 Å². The van der Waals surface area contributed by atoms with Crippen molar-refractivity contribution in [3.05, 3.63) is 46.5 Å². The fourth-order valence-electron chi connectivity index (χ4n) is 2.73. The van der Waals surface area contributed by atoms with Crippen molar-refractivity contribution in [1.82, 2.24) is 15.6 Å². The van der Waals surface area contributed by atoms with Crippen LogP contribution >= 0.6 is 11.3 Å². The molecule has 1 saturated heterocycles. The number of aromatic nitrogens is 1. The lowest BCUT2D eigenvalue weighted by molar-refractivity contribution is -0.115. The molecule has 26 heavy (non-hydrogen) atoms. The average molecular weight is 380 g/mol. The summed E-state index contributed by atoms with van der Waals surface area (Å²) in [6.07, 6.45) is 3.84. The second-order valence-electron chi connectivity index (χ2n) is 5.95. The number of thiazole rings is 1. The van der Waals surface area contributed by atoms with Crippen molar-refractivity contribution in [3.63, 3.8) is 0 Å². The van der Waals surface area contributed by atoms with Gasteiger partial charge in [-0.25, -0.2) is 13.8 Å². The van der Waals surface area contributed by atoms with Gasteiger partial charge in [-0.15, -0.1) is 11.3 Å². The van der Waals surface area contributed by atoms with Gasteiger partial charge in [-0.1, -0.05) is 0 Å². The first-order valence-corrected chi connectivity index (χ1v) is 9.04. The van der Waals surface area contributed by atoms with Gasteiger partial charge in [0.25, 0.3) is 5.91 Å². The Balaban J connectivity index is 1.51. The van der Waals surface area contributed by atoms with Gasteiger partial charge in [-0.05, 0) is 44.0 Å². The molecule has 3 N–H and O–H groups in total. The van der Waals surface area contributed by atoms with E-state index in [0.717, 1.165) is 42.9 Å². The molecule has 2 amide bonds. The molecule has 0 unspecified atom stereocenters. The van der Waals surface area contributed by atoms with Crippen molar-refractivity contribution in [2.75, 3.05) is 25.0 Å². The van der Waals surface area contributed by atoms with Gasteiger partial charge in [-0.2, -0.15) is 0 Å². The van der Waals surface area contributed by atoms with Crippen molar-refractivity contribution in [3.8, 4) is 0 Å². The smallest absolute Gasteiger partial charge is 0.254 e. The largest absolute Gasteiger partial charge is 0.343 e. The van der Waals surface area contributed by atoms with E-state index in [4.69, 9.17) is 0 Å². The molecule has 1 aliphatic rings. The quantitative estimate of drug-likeness (QED) is 0.743. The summed E-state index contributed by atoms with van der Waals surface area (Å²) in [6.45, 7) is 1.60. The highest BCUT2D eigenvalue weighted by molar-refractivity contribution is 7.15. The van der Waals surface area contributed by atoms with E-state index in [1.807, 2.05) is 0 Å². The predicted octanol–water partition coefficient (Wildman–Crippen LogP) is 2.26. The van der Waals surface area contributed by atoms with Crippen LogP contribution in [-0.4, -0.2) is 36.4 Å². The number of nitrogens with zero attached hydrogens (tertiary/aromatic N) is 1. The standard InChI is InChI=1S/C17H18F2N4O2S/c18-11-1-2-12(13(19)7-11)16(25)21-9-15(24)23-17-22-8-14(26-17)10-3-5-20-6-4-10/h1-2,7-8,10,20H,3-6,9H2,(H,21,25)(H,22,23,24). The molecule has 1 fully saturated rings. The highest BCUT2D eigenvalue weighted by Crippen LogP contribution is 2.31. The number of hydrogen-bond donors (Lipinski definition) is 3. The predicted molar refractivity (Wildman–Crippen MR) is 94.3 cm³/mol. The third kappa shape index (κ3) is 4.61. The van der Waals surface area contributed by atoms with E-state index >= 15 is 0 Å². The van der Waals surface area contributed by atoms with E-state index in [0.29, 0.717) is 17.1 Å². The van der Waals surface area contributed by atoms with Crippen LogP contribution in [0.5, 0.6) is 0 Å². The van der Waals surface area contributed by atoms with Gasteiger partial charge in [0.1, 0.15) is 11.6 Å². The van der Waals surface area contributed by atoms with Gasteiger partial charge in [0.15, 0.2) is 5.13 Å². The number of nitrogens with one attached hydrogen (secondary N) is 3. The van der Waals surface area contributed by atoms with Crippen molar-refractivity contribution in [2.45, 2.75) is 18.8 Å². The molecule has 1 aliphatic heterocycles. The van der Waals surface area contributed by atoms with E-state index in [1.54, 1.807) is 6.20 Å². The fraction of sp³-hybridized carbons (Fsp3) is 0.353. The summed E-state index contributed by atoms with van der Waals surface area (Å²) < 4.78 is 26.4. The lowest BCUT2D eigenvalue weighted by atomic mass is 9.97. The molecule has 1 aromatic carbocycles. The number of anilines is 1. The number of hydrogen-bond acceptors (Lipinski definition) is 5. The van der Waals surface area contributed by atoms with Crippen LogP contribution < -0.4 is 16.0 Å². The monoisotopic (exact) mass is 380 g/mol. The van der Waals surface area contributed by atoms with Gasteiger partial charge < -0.3 is 16.0 Å². The first-order valence-electron chi connectivity index (χ1n) is 8.22. The molecular weight excluding hydrogens is 362 g/mol. The number of benzene rings is 1. The SMILES string of the molecule is O=C(CNC(=O)c1ccc(F)cc1F)Nc1ncc(C2CCNCC2)s1. The second-order valence-corrected chi connectivity index (χ2v) is 7.01. The molecule has 138 valence electrons. The van der Waals surface area contributed by atoms with Crippen molar-refractivity contribution in [2.24, 2.45) is 0 Å². The summed E-state index contributed by atoms with van der Waals surface area (Å²) in [5.74, 6) is -2.56. The molecule has 3 rings (SSSR count). The van der Waals surface area contributed by atoms with E-state index < -0.39 is 23.4 Å².